The number of rotatable bonds is 12. The maximum Gasteiger partial charge on any atom is 0.335 e. The predicted molar refractivity (Wildman–Crippen MR) is 157 cm³/mol. The number of aromatic nitrogens is 1. The van der Waals surface area contributed by atoms with Crippen LogP contribution in [-0.2, 0) is 21.7 Å². The molecule has 11 heteroatoms. The van der Waals surface area contributed by atoms with Crippen LogP contribution in [0.5, 0.6) is 5.75 Å². The third-order valence-electron chi connectivity index (χ3n) is 7.66. The van der Waals surface area contributed by atoms with E-state index in [0.29, 0.717) is 23.5 Å². The molecule has 234 valence electrons. The molecule has 0 aliphatic heterocycles. The van der Waals surface area contributed by atoms with Gasteiger partial charge >= 0.3 is 11.9 Å². The first kappa shape index (κ1) is 33.7. The SMILES string of the molecule is Cc1ccc(OCC[N+](C)(C)Cc2cnc([C@](O)(c3ccccc3)C3CCCCC3)o2)cc1.O=C(O)C(O)C(O)C(=O)O. The largest absolute Gasteiger partial charge is 0.488 e. The number of carboxylic acid groups (broad SMARTS) is 2. The normalized spacial score (nSPS) is 16.7. The fourth-order valence-corrected chi connectivity index (χ4v) is 5.12. The van der Waals surface area contributed by atoms with E-state index in [1.165, 1.54) is 12.0 Å². The van der Waals surface area contributed by atoms with Gasteiger partial charge in [-0.3, -0.25) is 0 Å². The van der Waals surface area contributed by atoms with Gasteiger partial charge in [-0.25, -0.2) is 14.6 Å². The summed E-state index contributed by atoms with van der Waals surface area (Å²) in [6.45, 7) is 4.20. The van der Waals surface area contributed by atoms with Crippen molar-refractivity contribution in [1.29, 1.82) is 0 Å². The molecule has 2 aromatic carbocycles. The van der Waals surface area contributed by atoms with E-state index < -0.39 is 29.7 Å². The molecule has 4 rings (SSSR count). The number of hydrogen-bond donors (Lipinski definition) is 5. The summed E-state index contributed by atoms with van der Waals surface area (Å²) in [5.41, 5.74) is 0.903. The Kier molecular flexibility index (Phi) is 11.8. The summed E-state index contributed by atoms with van der Waals surface area (Å²) in [7, 11) is 4.32. The molecule has 5 N–H and O–H groups in total. The lowest BCUT2D eigenvalue weighted by Crippen LogP contribution is -2.42. The van der Waals surface area contributed by atoms with Gasteiger partial charge in [-0.2, -0.15) is 0 Å². The summed E-state index contributed by atoms with van der Waals surface area (Å²) in [5, 5.41) is 44.5. The van der Waals surface area contributed by atoms with Gasteiger partial charge in [0.15, 0.2) is 23.6 Å². The van der Waals surface area contributed by atoms with E-state index in [1.807, 2.05) is 42.5 Å². The number of nitrogens with zero attached hydrogens (tertiary/aromatic N) is 2. The van der Waals surface area contributed by atoms with Crippen molar-refractivity contribution in [3.8, 4) is 5.75 Å². The third kappa shape index (κ3) is 9.36. The fraction of sp³-hybridized carbons (Fsp3) is 0.469. The van der Waals surface area contributed by atoms with Crippen molar-refractivity contribution in [2.24, 2.45) is 5.92 Å². The summed E-state index contributed by atoms with van der Waals surface area (Å²) in [6.07, 6.45) is 2.73. The number of quaternary nitrogens is 1. The van der Waals surface area contributed by atoms with E-state index in [4.69, 9.17) is 29.6 Å². The lowest BCUT2D eigenvalue weighted by Gasteiger charge is -2.36. The molecule has 3 atom stereocenters. The quantitative estimate of drug-likeness (QED) is 0.195. The maximum absolute atomic E-state index is 12.0. The molecule has 1 aromatic heterocycles. The minimum atomic E-state index is -2.27. The Morgan fingerprint density at radius 2 is 1.56 bits per heavy atom. The molecule has 1 saturated carbocycles. The Labute approximate surface area is 251 Å². The first-order valence-corrected chi connectivity index (χ1v) is 14.4. The van der Waals surface area contributed by atoms with Crippen molar-refractivity contribution in [3.05, 3.63) is 83.6 Å². The highest BCUT2D eigenvalue weighted by atomic mass is 16.5. The van der Waals surface area contributed by atoms with Crippen molar-refractivity contribution < 1.29 is 48.8 Å². The number of oxazole rings is 1. The molecular formula is C32H43N2O9+. The predicted octanol–water partition coefficient (Wildman–Crippen LogP) is 3.33. The summed E-state index contributed by atoms with van der Waals surface area (Å²) in [4.78, 5) is 24.1. The first-order valence-electron chi connectivity index (χ1n) is 14.4. The molecule has 11 nitrogen and oxygen atoms in total. The molecule has 0 saturated heterocycles. The lowest BCUT2D eigenvalue weighted by molar-refractivity contribution is -0.904. The molecule has 1 aliphatic rings. The zero-order valence-corrected chi connectivity index (χ0v) is 24.9. The Bertz CT molecular complexity index is 1290. The van der Waals surface area contributed by atoms with Crippen molar-refractivity contribution in [2.45, 2.75) is 63.4 Å². The van der Waals surface area contributed by atoms with Gasteiger partial charge in [0.2, 0.25) is 5.89 Å². The fourth-order valence-electron chi connectivity index (χ4n) is 5.12. The van der Waals surface area contributed by atoms with E-state index in [0.717, 1.165) is 49.3 Å². The van der Waals surface area contributed by atoms with E-state index in [2.05, 4.69) is 38.1 Å². The number of aryl methyl sites for hydroxylation is 1. The molecule has 0 amide bonds. The number of carbonyl (C=O) groups is 2. The molecule has 0 radical (unpaired) electrons. The number of ether oxygens (including phenoxy) is 1. The molecule has 0 spiro atoms. The number of hydrogen-bond acceptors (Lipinski definition) is 8. The van der Waals surface area contributed by atoms with Crippen LogP contribution >= 0.6 is 0 Å². The second kappa shape index (κ2) is 15.1. The zero-order valence-electron chi connectivity index (χ0n) is 24.9. The molecule has 43 heavy (non-hydrogen) atoms. The standard InChI is InChI=1S/C28H37N2O3.C4H6O6/c1-22-14-16-25(17-15-22)32-19-18-30(2,3)21-26-20-29-27(33-26)28(31,23-10-6-4-7-11-23)24-12-8-5-9-13-24;5-1(3(7)8)2(6)4(9)10/h4,6-7,10-11,14-17,20,24,31H,5,8-9,12-13,18-19,21H2,1-3H3;1-2,5-6H,(H,7,8)(H,9,10)/q+1;/t28-;/m0./s1. The molecule has 2 unspecified atom stereocenters. The first-order chi connectivity index (χ1) is 20.3. The van der Waals surface area contributed by atoms with Gasteiger partial charge in [-0.1, -0.05) is 67.3 Å². The molecule has 0 bridgehead atoms. The smallest absolute Gasteiger partial charge is 0.335 e. The Morgan fingerprint density at radius 1 is 0.977 bits per heavy atom. The van der Waals surface area contributed by atoms with Crippen LogP contribution in [0.15, 0.2) is 65.2 Å². The average Bonchev–Trinajstić information content (AvgIpc) is 3.46. The van der Waals surface area contributed by atoms with E-state index in [-0.39, 0.29) is 5.92 Å². The van der Waals surface area contributed by atoms with Crippen LogP contribution in [0, 0.1) is 12.8 Å². The van der Waals surface area contributed by atoms with E-state index in [1.54, 1.807) is 6.20 Å². The van der Waals surface area contributed by atoms with Crippen molar-refractivity contribution >= 4 is 11.9 Å². The van der Waals surface area contributed by atoms with Gasteiger partial charge in [0.25, 0.3) is 0 Å². The second-order valence-corrected chi connectivity index (χ2v) is 11.6. The van der Waals surface area contributed by atoms with Gasteiger partial charge < -0.3 is 39.2 Å². The van der Waals surface area contributed by atoms with Gasteiger partial charge in [0.1, 0.15) is 25.4 Å². The molecule has 1 heterocycles. The third-order valence-corrected chi connectivity index (χ3v) is 7.66. The number of carboxylic acids is 2. The lowest BCUT2D eigenvalue weighted by atomic mass is 9.73. The summed E-state index contributed by atoms with van der Waals surface area (Å²) in [5.74, 6) is -1.32. The number of aliphatic carboxylic acids is 2. The van der Waals surface area contributed by atoms with Crippen molar-refractivity contribution in [1.82, 2.24) is 4.98 Å². The molecular weight excluding hydrogens is 556 g/mol. The Hall–Kier alpha value is -3.77. The summed E-state index contributed by atoms with van der Waals surface area (Å²) in [6, 6.07) is 18.0. The van der Waals surface area contributed by atoms with E-state index in [9.17, 15) is 14.7 Å². The summed E-state index contributed by atoms with van der Waals surface area (Å²) < 4.78 is 12.9. The molecule has 1 fully saturated rings. The van der Waals surface area contributed by atoms with Gasteiger partial charge in [0.05, 0.1) is 20.3 Å². The van der Waals surface area contributed by atoms with Crippen LogP contribution in [0.4, 0.5) is 0 Å². The topological polar surface area (TPSA) is 171 Å². The monoisotopic (exact) mass is 599 g/mol. The highest BCUT2D eigenvalue weighted by molar-refractivity contribution is 5.83. The number of aliphatic hydroxyl groups is 3. The van der Waals surface area contributed by atoms with Gasteiger partial charge in [0, 0.05) is 5.92 Å². The molecule has 1 aliphatic carbocycles. The maximum atomic E-state index is 12.0. The highest BCUT2D eigenvalue weighted by Gasteiger charge is 2.44. The number of aliphatic hydroxyl groups excluding tert-OH is 2. The van der Waals surface area contributed by atoms with Crippen LogP contribution in [-0.4, -0.2) is 86.4 Å². The second-order valence-electron chi connectivity index (χ2n) is 11.6. The van der Waals surface area contributed by atoms with Gasteiger partial charge in [-0.15, -0.1) is 0 Å². The highest BCUT2D eigenvalue weighted by Crippen LogP contribution is 2.43. The zero-order chi connectivity index (χ0) is 31.6. The Morgan fingerprint density at radius 3 is 2.12 bits per heavy atom. The van der Waals surface area contributed by atoms with Crippen molar-refractivity contribution in [2.75, 3.05) is 27.2 Å². The van der Waals surface area contributed by atoms with Crippen LogP contribution < -0.4 is 4.74 Å². The molecule has 3 aromatic rings. The van der Waals surface area contributed by atoms with Crippen LogP contribution in [0.3, 0.4) is 0 Å². The Balaban J connectivity index is 0.000000436. The average molecular weight is 600 g/mol. The van der Waals surface area contributed by atoms with Crippen LogP contribution in [0.2, 0.25) is 0 Å². The van der Waals surface area contributed by atoms with Gasteiger partial charge in [-0.05, 0) is 37.5 Å². The number of benzene rings is 2. The summed E-state index contributed by atoms with van der Waals surface area (Å²) >= 11 is 0. The number of likely N-dealkylation sites (N-methyl/N-ethyl adjacent to an activating group) is 1. The van der Waals surface area contributed by atoms with Crippen LogP contribution in [0.25, 0.3) is 0 Å². The minimum absolute atomic E-state index is 0.116. The minimum Gasteiger partial charge on any atom is -0.488 e. The van der Waals surface area contributed by atoms with E-state index >= 15 is 0 Å². The van der Waals surface area contributed by atoms with Crippen LogP contribution in [0.1, 0.15) is 54.9 Å². The van der Waals surface area contributed by atoms with Crippen molar-refractivity contribution in [3.63, 3.8) is 0 Å².